The monoisotopic (exact) mass is 1280 g/mol. The van der Waals surface area contributed by atoms with Crippen molar-refractivity contribution in [2.75, 3.05) is 80.7 Å². The minimum Gasteiger partial charge on any atom is -0.462 e. The third kappa shape index (κ3) is 15.7. The van der Waals surface area contributed by atoms with E-state index in [1.165, 1.54) is 14.0 Å². The number of cyclic esters (lactones) is 1. The number of ether oxygens (including phenoxy) is 8. The lowest BCUT2D eigenvalue weighted by Crippen LogP contribution is -2.61. The predicted molar refractivity (Wildman–Crippen MR) is 319 cm³/mol. The van der Waals surface area contributed by atoms with E-state index in [2.05, 4.69) is 21.6 Å². The van der Waals surface area contributed by atoms with Crippen molar-refractivity contribution in [2.45, 2.75) is 203 Å². The highest BCUT2D eigenvalue weighted by molar-refractivity contribution is 14.1. The van der Waals surface area contributed by atoms with E-state index in [0.717, 1.165) is 55.7 Å². The number of rotatable bonds is 13. The summed E-state index contributed by atoms with van der Waals surface area (Å²) in [5, 5.41) is 48.4. The molecule has 18 atom stereocenters. The van der Waals surface area contributed by atoms with Crippen LogP contribution in [0.2, 0.25) is 0 Å². The molecule has 2 aromatic rings. The second-order valence-electron chi connectivity index (χ2n) is 25.1. The molecule has 4 saturated heterocycles. The molecule has 22 heteroatoms. The van der Waals surface area contributed by atoms with Crippen molar-refractivity contribution < 1.29 is 72.7 Å². The molecule has 466 valence electrons. The van der Waals surface area contributed by atoms with E-state index >= 15 is 0 Å². The Morgan fingerprint density at radius 2 is 1.61 bits per heavy atom. The van der Waals surface area contributed by atoms with Crippen molar-refractivity contribution >= 4 is 51.4 Å². The lowest BCUT2D eigenvalue weighted by molar-refractivity contribution is -0.318. The van der Waals surface area contributed by atoms with Crippen LogP contribution in [0.5, 0.6) is 0 Å². The third-order valence-electron chi connectivity index (χ3n) is 18.0. The molecular weight excluding hydrogens is 1190 g/mol. The molecule has 1 aromatic carbocycles. The fourth-order valence-corrected chi connectivity index (χ4v) is 13.7. The van der Waals surface area contributed by atoms with Crippen LogP contribution in [-0.2, 0) is 60.4 Å². The largest absolute Gasteiger partial charge is 0.462 e. The second-order valence-corrected chi connectivity index (χ2v) is 26.3. The molecule has 0 aliphatic carbocycles. The van der Waals surface area contributed by atoms with Gasteiger partial charge in [0.05, 0.1) is 61.0 Å². The summed E-state index contributed by atoms with van der Waals surface area (Å²) in [6, 6.07) is 2.92. The fraction of sp³-hybridized carbons (Fsp3) is 0.770. The Hall–Kier alpha value is -3.39. The Kier molecular flexibility index (Phi) is 22.8. The third-order valence-corrected chi connectivity index (χ3v) is 19.6. The van der Waals surface area contributed by atoms with Gasteiger partial charge in [0.2, 0.25) is 5.43 Å². The Morgan fingerprint density at radius 3 is 2.28 bits per heavy atom. The summed E-state index contributed by atoms with van der Waals surface area (Å²) in [7, 11) is 7.11. The first-order valence-electron chi connectivity index (χ1n) is 29.7. The molecule has 0 saturated carbocycles. The fourth-order valence-electron chi connectivity index (χ4n) is 13.1. The molecule has 0 bridgehead atoms. The van der Waals surface area contributed by atoms with Crippen LogP contribution in [-0.4, -0.2) is 231 Å². The average Bonchev–Trinajstić information content (AvgIpc) is 2.76. The zero-order chi connectivity index (χ0) is 61.0. The summed E-state index contributed by atoms with van der Waals surface area (Å²) in [5.74, 6) is 2.65. The number of hydrogen-bond donors (Lipinski definition) is 4. The van der Waals surface area contributed by atoms with Crippen LogP contribution in [0.1, 0.15) is 123 Å². The number of piperazine rings is 1. The van der Waals surface area contributed by atoms with E-state index in [4.69, 9.17) is 37.9 Å². The first kappa shape index (κ1) is 67.1. The SMILES string of the molecule is CCOC(=O)c1cn2c3c(cc(C#CCN4CCN(CCC(=O)O[C@H]5[C@H](C)OC(O[C@H]6[C@H](C)[C@@H](OC7O[C@H](C)C[C@H](N(C)C)[C@H]7O)[C@](C)(O)C[C@@H](C)CN(C)[C@H](C)[C@@H](O)[C@](C)(O)[C@@H](I)OC(=O)[C@@H]6C)C[C@]5(C)OC)CC4)cc3c1=O)CCC2. The molecule has 5 aliphatic heterocycles. The highest BCUT2D eigenvalue weighted by Crippen LogP contribution is 2.41. The van der Waals surface area contributed by atoms with Crippen LogP contribution in [0, 0.1) is 29.6 Å². The van der Waals surface area contributed by atoms with E-state index in [9.17, 15) is 39.6 Å². The molecule has 21 nitrogen and oxygen atoms in total. The number of carbonyl (C=O) groups is 3. The van der Waals surface area contributed by atoms with E-state index < -0.39 is 106 Å². The highest BCUT2D eigenvalue weighted by Gasteiger charge is 2.54. The number of pyridine rings is 1. The van der Waals surface area contributed by atoms with Gasteiger partial charge in [-0.1, -0.05) is 25.7 Å². The molecule has 7 rings (SSSR count). The molecule has 0 amide bonds. The van der Waals surface area contributed by atoms with Gasteiger partial charge in [-0.15, -0.1) is 0 Å². The van der Waals surface area contributed by atoms with E-state index in [0.29, 0.717) is 38.0 Å². The zero-order valence-corrected chi connectivity index (χ0v) is 53.5. The normalized spacial score (nSPS) is 37.4. The summed E-state index contributed by atoms with van der Waals surface area (Å²) >= 11 is 1.83. The van der Waals surface area contributed by atoms with Crippen LogP contribution in [0.25, 0.3) is 10.9 Å². The van der Waals surface area contributed by atoms with Gasteiger partial charge in [-0.25, -0.2) is 4.79 Å². The molecule has 4 fully saturated rings. The second kappa shape index (κ2) is 28.2. The Bertz CT molecular complexity index is 2690. The molecule has 83 heavy (non-hydrogen) atoms. The van der Waals surface area contributed by atoms with Gasteiger partial charge < -0.3 is 77.6 Å². The Morgan fingerprint density at radius 1 is 0.928 bits per heavy atom. The van der Waals surface area contributed by atoms with Crippen LogP contribution >= 0.6 is 22.6 Å². The van der Waals surface area contributed by atoms with Gasteiger partial charge >= 0.3 is 17.9 Å². The first-order valence-corrected chi connectivity index (χ1v) is 30.9. The van der Waals surface area contributed by atoms with Gasteiger partial charge in [0.25, 0.3) is 0 Å². The lowest BCUT2D eigenvalue weighted by Gasteiger charge is -2.49. The van der Waals surface area contributed by atoms with E-state index in [1.54, 1.807) is 46.9 Å². The van der Waals surface area contributed by atoms with E-state index in [1.807, 2.05) is 91.9 Å². The minimum absolute atomic E-state index is 0.0325. The highest BCUT2D eigenvalue weighted by atomic mass is 127. The number of likely N-dealkylation sites (N-methyl/N-ethyl adjacent to an activating group) is 2. The summed E-state index contributed by atoms with van der Waals surface area (Å²) in [6.07, 6.45) is -4.56. The molecule has 2 unspecified atom stereocenters. The number of carbonyl (C=O) groups excluding carboxylic acids is 3. The van der Waals surface area contributed by atoms with Gasteiger partial charge in [0.15, 0.2) is 22.8 Å². The molecule has 6 heterocycles. The van der Waals surface area contributed by atoms with Crippen LogP contribution in [0.4, 0.5) is 0 Å². The number of halogens is 1. The maximum atomic E-state index is 14.5. The predicted octanol–water partition coefficient (Wildman–Crippen LogP) is 3.93. The molecule has 0 spiro atoms. The van der Waals surface area contributed by atoms with Gasteiger partial charge in [-0.3, -0.25) is 19.3 Å². The molecule has 4 N–H and O–H groups in total. The number of aliphatic hydroxyl groups is 4. The number of aromatic nitrogens is 1. The molecule has 5 aliphatic rings. The van der Waals surface area contributed by atoms with Gasteiger partial charge in [0, 0.05) is 94.5 Å². The Labute approximate surface area is 504 Å². The number of nitrogens with zero attached hydrogens (tertiary/aromatic N) is 5. The van der Waals surface area contributed by atoms with Crippen LogP contribution < -0.4 is 5.43 Å². The minimum atomic E-state index is -1.88. The lowest BCUT2D eigenvalue weighted by atomic mass is 9.77. The van der Waals surface area contributed by atoms with Gasteiger partial charge in [-0.2, -0.15) is 0 Å². The van der Waals surface area contributed by atoms with Crippen LogP contribution in [0.3, 0.4) is 0 Å². The van der Waals surface area contributed by atoms with Crippen molar-refractivity contribution in [3.05, 3.63) is 45.2 Å². The van der Waals surface area contributed by atoms with E-state index in [-0.39, 0.29) is 54.9 Å². The van der Waals surface area contributed by atoms with Crippen molar-refractivity contribution in [2.24, 2.45) is 17.8 Å². The maximum absolute atomic E-state index is 14.5. The standard InChI is InChI=1S/C61H94IN5O16/c1-15-77-56(73)44-34-67-22-17-19-42-29-41(30-43(48(42)67)49(44)69)18-16-21-65-24-26-66(27-25-65)23-20-46(68)80-54-40(7)79-47(32-60(54,9)76-14)81-51-37(4)53(82-57-50(70)45(63(11)12)28-36(3)78-57)59(8,74)31-35(2)33-64(13)39(6)52(71)61(10,75)58(62)83-55(72)38(51)5/h29-30,34-40,45,47,50-54,57-58,70-71,74-75H,15,17,19-28,31-33H2,1-14H3/t35-,36-,37+,38-,39-,40+,45+,47?,50-,51+,52-,53-,54+,57?,58+,59-,60+,61+/m1/s1. The summed E-state index contributed by atoms with van der Waals surface area (Å²) in [6.45, 7) is 22.7. The number of aliphatic hydroxyl groups excluding tert-OH is 2. The van der Waals surface area contributed by atoms with Crippen molar-refractivity contribution in [1.82, 2.24) is 24.2 Å². The van der Waals surface area contributed by atoms with Crippen molar-refractivity contribution in [1.29, 1.82) is 0 Å². The number of esters is 3. The topological polar surface area (TPSA) is 241 Å². The van der Waals surface area contributed by atoms with Crippen LogP contribution in [0.15, 0.2) is 23.1 Å². The summed E-state index contributed by atoms with van der Waals surface area (Å²) in [4.78, 5) is 62.7. The summed E-state index contributed by atoms with van der Waals surface area (Å²) in [5.41, 5.74) is -2.34. The number of methoxy groups -OCH3 is 1. The molecular formula is C61H94IN5O16. The summed E-state index contributed by atoms with van der Waals surface area (Å²) < 4.78 is 51.0. The number of benzene rings is 1. The quantitative estimate of drug-likeness (QED) is 0.0730. The molecule has 0 radical (unpaired) electrons. The maximum Gasteiger partial charge on any atom is 0.343 e. The Balaban J connectivity index is 1.02. The smallest absolute Gasteiger partial charge is 0.343 e. The van der Waals surface area contributed by atoms with Crippen molar-refractivity contribution in [3.63, 3.8) is 0 Å². The first-order chi connectivity index (χ1) is 39.0. The van der Waals surface area contributed by atoms with Gasteiger partial charge in [0.1, 0.15) is 29.0 Å². The zero-order valence-electron chi connectivity index (χ0n) is 51.3. The number of aryl methyl sites for hydroxylation is 2. The number of hydrogen-bond acceptors (Lipinski definition) is 20. The molecule has 1 aromatic heterocycles. The average molecular weight is 1280 g/mol. The van der Waals surface area contributed by atoms with Crippen molar-refractivity contribution in [3.8, 4) is 11.8 Å². The van der Waals surface area contributed by atoms with Gasteiger partial charge in [-0.05, 0) is 148 Å². The number of alkyl halides is 1.